The lowest BCUT2D eigenvalue weighted by Gasteiger charge is -2.16. The van der Waals surface area contributed by atoms with E-state index >= 15 is 0 Å². The molecule has 4 heteroatoms. The highest BCUT2D eigenvalue weighted by Gasteiger charge is 2.13. The first-order valence-corrected chi connectivity index (χ1v) is 3.88. The van der Waals surface area contributed by atoms with Crippen molar-refractivity contribution in [2.75, 3.05) is 0 Å². The lowest BCUT2D eigenvalue weighted by molar-refractivity contribution is 0.0472. The van der Waals surface area contributed by atoms with Crippen molar-refractivity contribution in [2.24, 2.45) is 0 Å². The molecule has 1 aromatic rings. The second kappa shape index (κ2) is 5.94. The highest BCUT2D eigenvalue weighted by Crippen LogP contribution is 2.15. The monoisotopic (exact) mass is 203 g/mol. The zero-order chi connectivity index (χ0) is 8.97. The number of benzene rings is 1. The fraction of sp³-hybridized carbons (Fsp3) is 0.333. The van der Waals surface area contributed by atoms with E-state index in [9.17, 15) is 5.11 Å². The molecule has 74 valence electrons. The first-order chi connectivity index (χ1) is 5.75. The molecule has 2 atom stereocenters. The van der Waals surface area contributed by atoms with Crippen LogP contribution in [0.3, 0.4) is 0 Å². The van der Waals surface area contributed by atoms with Gasteiger partial charge in [0, 0.05) is 0 Å². The van der Waals surface area contributed by atoms with E-state index in [1.807, 2.05) is 35.8 Å². The number of aliphatic hydroxyl groups excluding tert-OH is 1. The Balaban J connectivity index is 0.00000144. The van der Waals surface area contributed by atoms with Gasteiger partial charge in [-0.15, -0.1) is 12.4 Å². The number of halogens is 1. The molecule has 0 unspecified atom stereocenters. The summed E-state index contributed by atoms with van der Waals surface area (Å²) in [5.74, 6) is 0. The Kier molecular flexibility index (Phi) is 5.66. The molecule has 0 amide bonds. The molecule has 1 aromatic carbocycles. The third kappa shape index (κ3) is 3.32. The SMILES string of the molecule is C[C@@H](NO)[C@@H](O)c1ccccc1.Cl. The maximum Gasteiger partial charge on any atom is 0.0963 e. The number of hydrogen-bond donors (Lipinski definition) is 3. The predicted molar refractivity (Wildman–Crippen MR) is 53.0 cm³/mol. The summed E-state index contributed by atoms with van der Waals surface area (Å²) in [6.07, 6.45) is -0.670. The summed E-state index contributed by atoms with van der Waals surface area (Å²) in [6.45, 7) is 1.71. The summed E-state index contributed by atoms with van der Waals surface area (Å²) in [7, 11) is 0. The molecular formula is C9H14ClNO2. The number of nitrogens with one attached hydrogen (secondary N) is 1. The van der Waals surface area contributed by atoms with Gasteiger partial charge in [0.25, 0.3) is 0 Å². The zero-order valence-electron chi connectivity index (χ0n) is 7.34. The number of rotatable bonds is 3. The smallest absolute Gasteiger partial charge is 0.0963 e. The Morgan fingerprint density at radius 2 is 1.77 bits per heavy atom. The van der Waals surface area contributed by atoms with Crippen LogP contribution < -0.4 is 5.48 Å². The van der Waals surface area contributed by atoms with Crippen LogP contribution in [0.15, 0.2) is 30.3 Å². The van der Waals surface area contributed by atoms with Crippen LogP contribution in [0.4, 0.5) is 0 Å². The average Bonchev–Trinajstić information content (AvgIpc) is 2.17. The lowest BCUT2D eigenvalue weighted by atomic mass is 10.0. The Morgan fingerprint density at radius 3 is 2.23 bits per heavy atom. The van der Waals surface area contributed by atoms with Gasteiger partial charge in [-0.3, -0.25) is 0 Å². The zero-order valence-corrected chi connectivity index (χ0v) is 8.16. The van der Waals surface area contributed by atoms with Gasteiger partial charge in [-0.25, -0.2) is 0 Å². The minimum Gasteiger partial charge on any atom is -0.387 e. The molecule has 0 aliphatic heterocycles. The van der Waals surface area contributed by atoms with Gasteiger partial charge in [0.2, 0.25) is 0 Å². The van der Waals surface area contributed by atoms with Gasteiger partial charge in [-0.1, -0.05) is 30.3 Å². The van der Waals surface area contributed by atoms with E-state index in [-0.39, 0.29) is 18.4 Å². The molecule has 0 saturated carbocycles. The molecule has 13 heavy (non-hydrogen) atoms. The highest BCUT2D eigenvalue weighted by molar-refractivity contribution is 5.85. The molecule has 1 rings (SSSR count). The van der Waals surface area contributed by atoms with Crippen molar-refractivity contribution in [3.05, 3.63) is 35.9 Å². The molecule has 3 nitrogen and oxygen atoms in total. The molecule has 0 aliphatic rings. The van der Waals surface area contributed by atoms with Crippen molar-refractivity contribution in [1.82, 2.24) is 5.48 Å². The van der Waals surface area contributed by atoms with Crippen molar-refractivity contribution in [3.63, 3.8) is 0 Å². The topological polar surface area (TPSA) is 52.5 Å². The maximum atomic E-state index is 9.57. The molecule has 0 heterocycles. The van der Waals surface area contributed by atoms with Crippen LogP contribution in [-0.2, 0) is 0 Å². The quantitative estimate of drug-likeness (QED) is 0.653. The predicted octanol–water partition coefficient (Wildman–Crippen LogP) is 1.51. The van der Waals surface area contributed by atoms with Gasteiger partial charge in [-0.2, -0.15) is 5.48 Å². The van der Waals surface area contributed by atoms with Gasteiger partial charge in [0.05, 0.1) is 12.1 Å². The number of hydrogen-bond acceptors (Lipinski definition) is 3. The van der Waals surface area contributed by atoms with Crippen LogP contribution in [0.1, 0.15) is 18.6 Å². The van der Waals surface area contributed by atoms with Gasteiger partial charge < -0.3 is 10.3 Å². The fourth-order valence-corrected chi connectivity index (χ4v) is 1.01. The van der Waals surface area contributed by atoms with E-state index in [4.69, 9.17) is 5.21 Å². The molecule has 0 saturated heterocycles. The largest absolute Gasteiger partial charge is 0.387 e. The van der Waals surface area contributed by atoms with E-state index in [2.05, 4.69) is 0 Å². The van der Waals surface area contributed by atoms with Crippen LogP contribution >= 0.6 is 12.4 Å². The Labute approximate surface area is 83.8 Å². The molecule has 3 N–H and O–H groups in total. The van der Waals surface area contributed by atoms with Crippen LogP contribution in [0.25, 0.3) is 0 Å². The molecule has 0 bridgehead atoms. The van der Waals surface area contributed by atoms with Crippen molar-refractivity contribution in [2.45, 2.75) is 19.1 Å². The second-order valence-corrected chi connectivity index (χ2v) is 2.77. The van der Waals surface area contributed by atoms with Gasteiger partial charge in [0.15, 0.2) is 0 Å². The highest BCUT2D eigenvalue weighted by atomic mass is 35.5. The van der Waals surface area contributed by atoms with E-state index in [1.54, 1.807) is 6.92 Å². The fourth-order valence-electron chi connectivity index (χ4n) is 1.01. The second-order valence-electron chi connectivity index (χ2n) is 2.77. The van der Waals surface area contributed by atoms with Gasteiger partial charge >= 0.3 is 0 Å². The summed E-state index contributed by atoms with van der Waals surface area (Å²) in [5.41, 5.74) is 2.81. The summed E-state index contributed by atoms with van der Waals surface area (Å²) in [6, 6.07) is 8.86. The Hall–Kier alpha value is -0.610. The molecule has 0 radical (unpaired) electrons. The molecule has 0 spiro atoms. The van der Waals surface area contributed by atoms with Crippen molar-refractivity contribution in [1.29, 1.82) is 0 Å². The van der Waals surface area contributed by atoms with Crippen LogP contribution in [-0.4, -0.2) is 16.4 Å². The van der Waals surface area contributed by atoms with Crippen LogP contribution in [0.2, 0.25) is 0 Å². The van der Waals surface area contributed by atoms with E-state index in [0.717, 1.165) is 5.56 Å². The Morgan fingerprint density at radius 1 is 1.23 bits per heavy atom. The minimum absolute atomic E-state index is 0. The third-order valence-corrected chi connectivity index (χ3v) is 1.82. The average molecular weight is 204 g/mol. The normalized spacial score (nSPS) is 14.4. The summed E-state index contributed by atoms with van der Waals surface area (Å²) >= 11 is 0. The third-order valence-electron chi connectivity index (χ3n) is 1.82. The minimum atomic E-state index is -0.670. The van der Waals surface area contributed by atoms with Crippen molar-refractivity contribution < 1.29 is 10.3 Å². The van der Waals surface area contributed by atoms with E-state index in [1.165, 1.54) is 0 Å². The number of hydroxylamine groups is 1. The van der Waals surface area contributed by atoms with Crippen LogP contribution in [0.5, 0.6) is 0 Å². The van der Waals surface area contributed by atoms with Crippen molar-refractivity contribution in [3.8, 4) is 0 Å². The summed E-state index contributed by atoms with van der Waals surface area (Å²) < 4.78 is 0. The Bertz CT molecular complexity index is 230. The lowest BCUT2D eigenvalue weighted by Crippen LogP contribution is -2.29. The first-order valence-electron chi connectivity index (χ1n) is 3.88. The van der Waals surface area contributed by atoms with Gasteiger partial charge in [-0.05, 0) is 12.5 Å². The summed E-state index contributed by atoms with van der Waals surface area (Å²) in [4.78, 5) is 0. The molecule has 0 aliphatic carbocycles. The van der Waals surface area contributed by atoms with E-state index < -0.39 is 6.10 Å². The maximum absolute atomic E-state index is 9.57. The van der Waals surface area contributed by atoms with E-state index in [0.29, 0.717) is 0 Å². The van der Waals surface area contributed by atoms with Gasteiger partial charge in [0.1, 0.15) is 0 Å². The molecule has 0 fully saturated rings. The first kappa shape index (κ1) is 12.4. The standard InChI is InChI=1S/C9H13NO2.ClH/c1-7(10-12)9(11)8-5-3-2-4-6-8;/h2-7,9-12H,1H3;1H/t7-,9-;/m1./s1. The van der Waals surface area contributed by atoms with Crippen molar-refractivity contribution >= 4 is 12.4 Å². The molecule has 0 aromatic heterocycles. The summed E-state index contributed by atoms with van der Waals surface area (Å²) in [5, 5.41) is 18.1. The molecular weight excluding hydrogens is 190 g/mol. The van der Waals surface area contributed by atoms with Crippen LogP contribution in [0, 0.1) is 0 Å². The number of aliphatic hydroxyl groups is 1.